The van der Waals surface area contributed by atoms with Gasteiger partial charge in [-0.15, -0.1) is 6.58 Å². The molecule has 4 atom stereocenters. The summed E-state index contributed by atoms with van der Waals surface area (Å²) in [5.41, 5.74) is 0. The quantitative estimate of drug-likeness (QED) is 0.266. The van der Waals surface area contributed by atoms with Gasteiger partial charge in [-0.25, -0.2) is 8.78 Å². The first kappa shape index (κ1) is 22.5. The van der Waals surface area contributed by atoms with E-state index in [0.29, 0.717) is 5.92 Å². The van der Waals surface area contributed by atoms with E-state index < -0.39 is 11.6 Å². The zero-order chi connectivity index (χ0) is 21.8. The summed E-state index contributed by atoms with van der Waals surface area (Å²) in [6.07, 6.45) is 16.6. The Hall–Kier alpha value is -1.71. The van der Waals surface area contributed by atoms with Crippen molar-refractivity contribution in [2.75, 3.05) is 0 Å². The topological polar surface area (TPSA) is 26.3 Å². The zero-order valence-electron chi connectivity index (χ0n) is 18.5. The number of ether oxygens (including phenoxy) is 1. The van der Waals surface area contributed by atoms with Crippen molar-refractivity contribution in [2.24, 2.45) is 35.5 Å². The predicted molar refractivity (Wildman–Crippen MR) is 119 cm³/mol. The van der Waals surface area contributed by atoms with Crippen molar-refractivity contribution in [1.82, 2.24) is 0 Å². The molecular weight excluding hydrogens is 394 g/mol. The third-order valence-electron chi connectivity index (χ3n) is 8.42. The van der Waals surface area contributed by atoms with Gasteiger partial charge in [0.25, 0.3) is 0 Å². The largest absolute Gasteiger partial charge is 0.423 e. The SMILES string of the molecule is C=CCCC1CCC2CC(C3CCC(C(=O)Oc4ccc(F)cc4F)CC3)CCC2C1. The first-order valence-electron chi connectivity index (χ1n) is 12.3. The van der Waals surface area contributed by atoms with E-state index in [1.165, 1.54) is 51.0 Å². The highest BCUT2D eigenvalue weighted by atomic mass is 19.1. The highest BCUT2D eigenvalue weighted by Crippen LogP contribution is 2.49. The molecule has 3 saturated carbocycles. The number of carbonyl (C=O) groups is 1. The number of hydrogen-bond acceptors (Lipinski definition) is 2. The van der Waals surface area contributed by atoms with Crippen LogP contribution in [0, 0.1) is 47.1 Å². The molecule has 0 heterocycles. The molecule has 1 aromatic rings. The Kier molecular flexibility index (Phi) is 7.45. The van der Waals surface area contributed by atoms with Gasteiger partial charge in [-0.3, -0.25) is 4.79 Å². The van der Waals surface area contributed by atoms with Crippen LogP contribution in [0.3, 0.4) is 0 Å². The third kappa shape index (κ3) is 5.56. The zero-order valence-corrected chi connectivity index (χ0v) is 18.5. The van der Waals surface area contributed by atoms with Crippen LogP contribution in [0.4, 0.5) is 8.78 Å². The standard InChI is InChI=1S/C27H36F2O2/c1-2-3-4-18-5-6-23-16-22(12-11-21(23)15-18)19-7-9-20(10-8-19)27(30)31-26-14-13-24(28)17-25(26)29/h2,13-14,17-23H,1,3-12,15-16H2. The number of fused-ring (bicyclic) bond motifs is 1. The average Bonchev–Trinajstić information content (AvgIpc) is 2.79. The molecule has 4 unspecified atom stereocenters. The van der Waals surface area contributed by atoms with E-state index in [4.69, 9.17) is 4.74 Å². The van der Waals surface area contributed by atoms with Crippen molar-refractivity contribution in [3.05, 3.63) is 42.5 Å². The highest BCUT2D eigenvalue weighted by molar-refractivity contribution is 5.75. The number of benzene rings is 1. The Balaban J connectivity index is 1.23. The van der Waals surface area contributed by atoms with Gasteiger partial charge < -0.3 is 4.74 Å². The molecule has 0 amide bonds. The van der Waals surface area contributed by atoms with Crippen LogP contribution < -0.4 is 4.74 Å². The lowest BCUT2D eigenvalue weighted by molar-refractivity contribution is -0.140. The number of halogens is 2. The van der Waals surface area contributed by atoms with Crippen molar-refractivity contribution in [3.63, 3.8) is 0 Å². The normalized spacial score (nSPS) is 33.4. The molecule has 0 N–H and O–H groups in total. The maximum Gasteiger partial charge on any atom is 0.314 e. The molecule has 3 aliphatic carbocycles. The number of rotatable bonds is 6. The monoisotopic (exact) mass is 430 g/mol. The second-order valence-electron chi connectivity index (χ2n) is 10.2. The molecule has 0 spiro atoms. The Bertz CT molecular complexity index is 768. The summed E-state index contributed by atoms with van der Waals surface area (Å²) in [6, 6.07) is 3.06. The van der Waals surface area contributed by atoms with E-state index in [2.05, 4.69) is 12.7 Å². The van der Waals surface area contributed by atoms with Gasteiger partial charge in [0, 0.05) is 6.07 Å². The Labute approximate surface area is 185 Å². The van der Waals surface area contributed by atoms with E-state index in [1.807, 2.05) is 0 Å². The van der Waals surface area contributed by atoms with E-state index in [-0.39, 0.29) is 17.6 Å². The molecule has 4 rings (SSSR count). The van der Waals surface area contributed by atoms with Crippen molar-refractivity contribution < 1.29 is 18.3 Å². The number of esters is 1. The van der Waals surface area contributed by atoms with Crippen LogP contribution >= 0.6 is 0 Å². The first-order chi connectivity index (χ1) is 15.0. The molecule has 1 aromatic carbocycles. The lowest BCUT2D eigenvalue weighted by atomic mass is 9.60. The van der Waals surface area contributed by atoms with Gasteiger partial charge in [0.2, 0.25) is 0 Å². The first-order valence-corrected chi connectivity index (χ1v) is 12.3. The molecule has 2 nitrogen and oxygen atoms in total. The smallest absolute Gasteiger partial charge is 0.314 e. The molecule has 170 valence electrons. The van der Waals surface area contributed by atoms with Crippen LogP contribution in [0.1, 0.15) is 77.0 Å². The van der Waals surface area contributed by atoms with Crippen LogP contribution in [0.15, 0.2) is 30.9 Å². The van der Waals surface area contributed by atoms with Gasteiger partial charge in [0.05, 0.1) is 5.92 Å². The lowest BCUT2D eigenvalue weighted by Gasteiger charge is -2.45. The fourth-order valence-corrected chi connectivity index (χ4v) is 6.64. The van der Waals surface area contributed by atoms with Crippen LogP contribution in [0.5, 0.6) is 5.75 Å². The molecular formula is C27H36F2O2. The molecule has 3 aliphatic rings. The second kappa shape index (κ2) is 10.3. The maximum absolute atomic E-state index is 13.8. The summed E-state index contributed by atoms with van der Waals surface area (Å²) >= 11 is 0. The second-order valence-corrected chi connectivity index (χ2v) is 10.2. The molecule has 0 radical (unpaired) electrons. The van der Waals surface area contributed by atoms with E-state index in [9.17, 15) is 13.6 Å². The summed E-state index contributed by atoms with van der Waals surface area (Å²) in [5.74, 6) is 2.06. The fourth-order valence-electron chi connectivity index (χ4n) is 6.64. The number of allylic oxidation sites excluding steroid dienone is 1. The molecule has 0 aromatic heterocycles. The summed E-state index contributed by atoms with van der Waals surface area (Å²) < 4.78 is 32.1. The minimum absolute atomic E-state index is 0.169. The molecule has 3 fully saturated rings. The Morgan fingerprint density at radius 2 is 1.58 bits per heavy atom. The summed E-state index contributed by atoms with van der Waals surface area (Å²) in [7, 11) is 0. The minimum atomic E-state index is -0.821. The Morgan fingerprint density at radius 1 is 0.935 bits per heavy atom. The lowest BCUT2D eigenvalue weighted by Crippen LogP contribution is -2.35. The van der Waals surface area contributed by atoms with Crippen LogP contribution in [-0.2, 0) is 4.79 Å². The molecule has 4 heteroatoms. The van der Waals surface area contributed by atoms with Gasteiger partial charge in [-0.05, 0) is 112 Å². The van der Waals surface area contributed by atoms with Gasteiger partial charge in [-0.1, -0.05) is 12.5 Å². The molecule has 0 aliphatic heterocycles. The third-order valence-corrected chi connectivity index (χ3v) is 8.42. The van der Waals surface area contributed by atoms with Gasteiger partial charge in [0.1, 0.15) is 5.82 Å². The minimum Gasteiger partial charge on any atom is -0.423 e. The van der Waals surface area contributed by atoms with Gasteiger partial charge in [-0.2, -0.15) is 0 Å². The number of hydrogen-bond donors (Lipinski definition) is 0. The highest BCUT2D eigenvalue weighted by Gasteiger charge is 2.39. The number of carbonyl (C=O) groups excluding carboxylic acids is 1. The molecule has 0 bridgehead atoms. The van der Waals surface area contributed by atoms with Gasteiger partial charge in [0.15, 0.2) is 11.6 Å². The van der Waals surface area contributed by atoms with E-state index >= 15 is 0 Å². The molecule has 31 heavy (non-hydrogen) atoms. The fraction of sp³-hybridized carbons (Fsp3) is 0.667. The van der Waals surface area contributed by atoms with Crippen LogP contribution in [0.25, 0.3) is 0 Å². The Morgan fingerprint density at radius 3 is 2.29 bits per heavy atom. The van der Waals surface area contributed by atoms with Crippen molar-refractivity contribution in [3.8, 4) is 5.75 Å². The van der Waals surface area contributed by atoms with E-state index in [1.54, 1.807) is 0 Å². The van der Waals surface area contributed by atoms with Crippen molar-refractivity contribution in [2.45, 2.75) is 77.0 Å². The predicted octanol–water partition coefficient (Wildman–Crippen LogP) is 7.48. The van der Waals surface area contributed by atoms with Gasteiger partial charge >= 0.3 is 5.97 Å². The van der Waals surface area contributed by atoms with Crippen molar-refractivity contribution >= 4 is 5.97 Å². The van der Waals surface area contributed by atoms with Crippen molar-refractivity contribution in [1.29, 1.82) is 0 Å². The van der Waals surface area contributed by atoms with Crippen LogP contribution in [0.2, 0.25) is 0 Å². The van der Waals surface area contributed by atoms with E-state index in [0.717, 1.165) is 67.9 Å². The summed E-state index contributed by atoms with van der Waals surface area (Å²) in [6.45, 7) is 3.87. The maximum atomic E-state index is 13.8. The summed E-state index contributed by atoms with van der Waals surface area (Å²) in [5, 5.41) is 0. The van der Waals surface area contributed by atoms with Crippen LogP contribution in [-0.4, -0.2) is 5.97 Å². The average molecular weight is 431 g/mol. The molecule has 0 saturated heterocycles. The summed E-state index contributed by atoms with van der Waals surface area (Å²) in [4.78, 5) is 12.5.